The SMILES string of the molecule is COc1ccc(CCCBr)cc1OCc1ccccc1. The number of rotatable bonds is 7. The Kier molecular flexibility index (Phi) is 5.93. The van der Waals surface area contributed by atoms with Crippen molar-refractivity contribution in [3.63, 3.8) is 0 Å². The Morgan fingerprint density at radius 1 is 0.950 bits per heavy atom. The van der Waals surface area contributed by atoms with E-state index in [1.807, 2.05) is 24.3 Å². The van der Waals surface area contributed by atoms with Gasteiger partial charge in [0.25, 0.3) is 0 Å². The van der Waals surface area contributed by atoms with E-state index in [0.717, 1.165) is 35.2 Å². The van der Waals surface area contributed by atoms with E-state index in [2.05, 4.69) is 40.2 Å². The number of ether oxygens (including phenoxy) is 2. The summed E-state index contributed by atoms with van der Waals surface area (Å²) >= 11 is 3.46. The van der Waals surface area contributed by atoms with Crippen LogP contribution in [0.1, 0.15) is 17.5 Å². The third kappa shape index (κ3) is 4.27. The zero-order valence-corrected chi connectivity index (χ0v) is 13.2. The molecule has 0 spiro atoms. The zero-order chi connectivity index (χ0) is 14.2. The van der Waals surface area contributed by atoms with Crippen LogP contribution in [0, 0.1) is 0 Å². The standard InChI is InChI=1S/C17H19BrO2/c1-19-16-10-9-14(8-5-11-18)12-17(16)20-13-15-6-3-2-4-7-15/h2-4,6-7,9-10,12H,5,8,11,13H2,1H3. The van der Waals surface area contributed by atoms with Crippen LogP contribution in [-0.4, -0.2) is 12.4 Å². The van der Waals surface area contributed by atoms with Gasteiger partial charge in [-0.3, -0.25) is 0 Å². The van der Waals surface area contributed by atoms with Crippen LogP contribution in [0.5, 0.6) is 11.5 Å². The van der Waals surface area contributed by atoms with Crippen molar-refractivity contribution in [3.8, 4) is 11.5 Å². The summed E-state index contributed by atoms with van der Waals surface area (Å²) < 4.78 is 11.3. The average molecular weight is 335 g/mol. The van der Waals surface area contributed by atoms with Gasteiger partial charge in [-0.1, -0.05) is 52.3 Å². The number of halogens is 1. The van der Waals surface area contributed by atoms with Gasteiger partial charge in [-0.2, -0.15) is 0 Å². The van der Waals surface area contributed by atoms with Crippen LogP contribution >= 0.6 is 15.9 Å². The first-order valence-corrected chi connectivity index (χ1v) is 7.85. The lowest BCUT2D eigenvalue weighted by atomic mass is 10.1. The van der Waals surface area contributed by atoms with Crippen LogP contribution in [0.2, 0.25) is 0 Å². The minimum Gasteiger partial charge on any atom is -0.493 e. The molecule has 0 N–H and O–H groups in total. The third-order valence-corrected chi connectivity index (χ3v) is 3.63. The van der Waals surface area contributed by atoms with E-state index >= 15 is 0 Å². The summed E-state index contributed by atoms with van der Waals surface area (Å²) in [6.45, 7) is 0.555. The molecule has 0 saturated heterocycles. The lowest BCUT2D eigenvalue weighted by molar-refractivity contribution is 0.284. The van der Waals surface area contributed by atoms with Crippen molar-refractivity contribution in [2.24, 2.45) is 0 Å². The lowest BCUT2D eigenvalue weighted by Crippen LogP contribution is -1.98. The second kappa shape index (κ2) is 7.95. The van der Waals surface area contributed by atoms with Crippen LogP contribution in [0.15, 0.2) is 48.5 Å². The second-order valence-electron chi connectivity index (χ2n) is 4.55. The van der Waals surface area contributed by atoms with E-state index in [1.165, 1.54) is 5.56 Å². The van der Waals surface area contributed by atoms with Gasteiger partial charge in [0, 0.05) is 5.33 Å². The van der Waals surface area contributed by atoms with Gasteiger partial charge in [0.15, 0.2) is 11.5 Å². The first kappa shape index (κ1) is 14.9. The van der Waals surface area contributed by atoms with Crippen molar-refractivity contribution in [1.29, 1.82) is 0 Å². The molecule has 0 aliphatic rings. The number of alkyl halides is 1. The van der Waals surface area contributed by atoms with Crippen molar-refractivity contribution < 1.29 is 9.47 Å². The summed E-state index contributed by atoms with van der Waals surface area (Å²) in [5, 5.41) is 1.01. The number of hydrogen-bond donors (Lipinski definition) is 0. The van der Waals surface area contributed by atoms with Gasteiger partial charge in [0.05, 0.1) is 7.11 Å². The Balaban J connectivity index is 2.07. The van der Waals surface area contributed by atoms with Gasteiger partial charge in [0.2, 0.25) is 0 Å². The Morgan fingerprint density at radius 2 is 1.75 bits per heavy atom. The van der Waals surface area contributed by atoms with Gasteiger partial charge in [0.1, 0.15) is 6.61 Å². The maximum atomic E-state index is 5.90. The quantitative estimate of drug-likeness (QED) is 0.689. The van der Waals surface area contributed by atoms with Crippen molar-refractivity contribution in [3.05, 3.63) is 59.7 Å². The van der Waals surface area contributed by atoms with Gasteiger partial charge in [-0.25, -0.2) is 0 Å². The molecule has 106 valence electrons. The highest BCUT2D eigenvalue weighted by molar-refractivity contribution is 9.09. The van der Waals surface area contributed by atoms with Crippen molar-refractivity contribution in [1.82, 2.24) is 0 Å². The van der Waals surface area contributed by atoms with E-state index in [0.29, 0.717) is 6.61 Å². The van der Waals surface area contributed by atoms with E-state index in [4.69, 9.17) is 9.47 Å². The van der Waals surface area contributed by atoms with Crippen molar-refractivity contribution in [2.75, 3.05) is 12.4 Å². The number of methoxy groups -OCH3 is 1. The highest BCUT2D eigenvalue weighted by Gasteiger charge is 2.06. The van der Waals surface area contributed by atoms with Gasteiger partial charge >= 0.3 is 0 Å². The van der Waals surface area contributed by atoms with Crippen LogP contribution in [0.3, 0.4) is 0 Å². The fraction of sp³-hybridized carbons (Fsp3) is 0.294. The summed E-state index contributed by atoms with van der Waals surface area (Å²) in [5.74, 6) is 1.59. The molecule has 0 atom stereocenters. The Labute approximate surface area is 128 Å². The Morgan fingerprint density at radius 3 is 2.45 bits per heavy atom. The molecule has 0 saturated carbocycles. The number of hydrogen-bond acceptors (Lipinski definition) is 2. The molecular formula is C17H19BrO2. The molecule has 2 rings (SSSR count). The molecule has 0 bridgehead atoms. The van der Waals surface area contributed by atoms with Crippen LogP contribution < -0.4 is 9.47 Å². The number of aryl methyl sites for hydroxylation is 1. The molecule has 0 radical (unpaired) electrons. The molecule has 0 fully saturated rings. The highest BCUT2D eigenvalue weighted by Crippen LogP contribution is 2.29. The fourth-order valence-corrected chi connectivity index (χ4v) is 2.28. The van der Waals surface area contributed by atoms with E-state index in [1.54, 1.807) is 7.11 Å². The smallest absolute Gasteiger partial charge is 0.161 e. The monoisotopic (exact) mass is 334 g/mol. The Bertz CT molecular complexity index is 526. The normalized spacial score (nSPS) is 10.3. The summed E-state index contributed by atoms with van der Waals surface area (Å²) in [7, 11) is 1.67. The largest absolute Gasteiger partial charge is 0.493 e. The maximum Gasteiger partial charge on any atom is 0.161 e. The molecule has 0 unspecified atom stereocenters. The second-order valence-corrected chi connectivity index (χ2v) is 5.35. The molecule has 0 aliphatic heterocycles. The van der Waals surface area contributed by atoms with Gasteiger partial charge in [-0.15, -0.1) is 0 Å². The predicted molar refractivity (Wildman–Crippen MR) is 85.9 cm³/mol. The summed E-state index contributed by atoms with van der Waals surface area (Å²) in [4.78, 5) is 0. The van der Waals surface area contributed by atoms with E-state index in [9.17, 15) is 0 Å². The lowest BCUT2D eigenvalue weighted by Gasteiger charge is -2.12. The predicted octanol–water partition coefficient (Wildman–Crippen LogP) is 4.60. The van der Waals surface area contributed by atoms with Gasteiger partial charge in [-0.05, 0) is 36.1 Å². The molecule has 2 aromatic rings. The number of benzene rings is 2. The molecule has 20 heavy (non-hydrogen) atoms. The van der Waals surface area contributed by atoms with Crippen molar-refractivity contribution in [2.45, 2.75) is 19.4 Å². The average Bonchev–Trinajstić information content (AvgIpc) is 2.52. The molecule has 3 heteroatoms. The highest BCUT2D eigenvalue weighted by atomic mass is 79.9. The third-order valence-electron chi connectivity index (χ3n) is 3.06. The molecule has 2 nitrogen and oxygen atoms in total. The summed E-state index contributed by atoms with van der Waals surface area (Å²) in [6.07, 6.45) is 2.15. The molecule has 2 aromatic carbocycles. The minimum atomic E-state index is 0.555. The van der Waals surface area contributed by atoms with E-state index < -0.39 is 0 Å². The molecule has 0 aromatic heterocycles. The Hall–Kier alpha value is -1.48. The molecular weight excluding hydrogens is 316 g/mol. The van der Waals surface area contributed by atoms with Crippen LogP contribution in [0.25, 0.3) is 0 Å². The molecule has 0 aliphatic carbocycles. The first-order chi connectivity index (χ1) is 9.83. The first-order valence-electron chi connectivity index (χ1n) is 6.73. The van der Waals surface area contributed by atoms with Crippen LogP contribution in [0.4, 0.5) is 0 Å². The van der Waals surface area contributed by atoms with Crippen molar-refractivity contribution >= 4 is 15.9 Å². The van der Waals surface area contributed by atoms with Gasteiger partial charge < -0.3 is 9.47 Å². The molecule has 0 amide bonds. The molecule has 0 heterocycles. The minimum absolute atomic E-state index is 0.555. The summed E-state index contributed by atoms with van der Waals surface area (Å²) in [5.41, 5.74) is 2.42. The zero-order valence-electron chi connectivity index (χ0n) is 11.6. The van der Waals surface area contributed by atoms with E-state index in [-0.39, 0.29) is 0 Å². The fourth-order valence-electron chi connectivity index (χ4n) is 2.00. The maximum absolute atomic E-state index is 5.90. The van der Waals surface area contributed by atoms with Crippen LogP contribution in [-0.2, 0) is 13.0 Å². The topological polar surface area (TPSA) is 18.5 Å². The summed E-state index contributed by atoms with van der Waals surface area (Å²) in [6, 6.07) is 16.3.